The van der Waals surface area contributed by atoms with E-state index in [9.17, 15) is 9.59 Å². The van der Waals surface area contributed by atoms with Crippen molar-refractivity contribution < 1.29 is 28.9 Å². The molecule has 0 atom stereocenters. The van der Waals surface area contributed by atoms with Crippen molar-refractivity contribution in [2.45, 2.75) is 40.4 Å². The molecule has 8 heteroatoms. The van der Waals surface area contributed by atoms with Gasteiger partial charge >= 0.3 is 11.9 Å². The first-order valence-electron chi connectivity index (χ1n) is 15.0. The maximum atomic E-state index is 9.81. The molecule has 0 aromatic heterocycles. The maximum absolute atomic E-state index is 9.81. The van der Waals surface area contributed by atoms with Crippen molar-refractivity contribution in [3.63, 3.8) is 0 Å². The lowest BCUT2D eigenvalue weighted by atomic mass is 10.2. The van der Waals surface area contributed by atoms with Gasteiger partial charge in [0.05, 0.1) is 6.61 Å². The molecule has 0 aliphatic carbocycles. The summed E-state index contributed by atoms with van der Waals surface area (Å²) in [5.41, 5.74) is 4.58. The Hall–Kier alpha value is -4.82. The summed E-state index contributed by atoms with van der Waals surface area (Å²) in [4.78, 5) is 23.9. The average Bonchev–Trinajstić information content (AvgIpc) is 3.04. The molecule has 0 heterocycles. The largest absolute Gasteiger partial charge is 0.489 e. The van der Waals surface area contributed by atoms with Gasteiger partial charge in [-0.25, -0.2) is 0 Å². The van der Waals surface area contributed by atoms with Crippen LogP contribution in [0.2, 0.25) is 0 Å². The van der Waals surface area contributed by atoms with E-state index in [2.05, 4.69) is 47.9 Å². The maximum Gasteiger partial charge on any atom is 0.310 e. The van der Waals surface area contributed by atoms with E-state index in [-0.39, 0.29) is 6.61 Å². The first-order chi connectivity index (χ1) is 21.7. The third-order valence-electron chi connectivity index (χ3n) is 6.30. The summed E-state index contributed by atoms with van der Waals surface area (Å²) in [5.74, 6) is 0.635. The molecule has 0 amide bonds. The van der Waals surface area contributed by atoms with Gasteiger partial charge in [0.1, 0.15) is 24.7 Å². The molecule has 4 aromatic carbocycles. The molecule has 4 rings (SSSR count). The van der Waals surface area contributed by atoms with Gasteiger partial charge in [0.25, 0.3) is 0 Å². The van der Waals surface area contributed by atoms with Crippen molar-refractivity contribution in [3.8, 4) is 11.5 Å². The molecule has 0 aliphatic rings. The van der Waals surface area contributed by atoms with Crippen molar-refractivity contribution in [3.05, 3.63) is 120 Å². The van der Waals surface area contributed by atoms with Gasteiger partial charge in [-0.3, -0.25) is 9.59 Å². The highest BCUT2D eigenvalue weighted by Gasteiger charge is 2.03. The first kappa shape index (κ1) is 36.4. The summed E-state index contributed by atoms with van der Waals surface area (Å²) in [5, 5.41) is 8.95. The Kier molecular flexibility index (Phi) is 17.0. The van der Waals surface area contributed by atoms with Crippen LogP contribution >= 0.6 is 0 Å². The molecule has 45 heavy (non-hydrogen) atoms. The Morgan fingerprint density at radius 2 is 1.04 bits per heavy atom. The van der Waals surface area contributed by atoms with E-state index in [4.69, 9.17) is 14.6 Å². The molecular formula is C37H46N2O6. The summed E-state index contributed by atoms with van der Waals surface area (Å²) in [6.45, 7) is 7.54. The molecule has 0 radical (unpaired) electrons. The molecule has 0 spiro atoms. The van der Waals surface area contributed by atoms with Gasteiger partial charge in [0.15, 0.2) is 0 Å². The number of ether oxygens (including phenoxy) is 3. The fourth-order valence-electron chi connectivity index (χ4n) is 4.05. The summed E-state index contributed by atoms with van der Waals surface area (Å²) >= 11 is 0. The number of likely N-dealkylation sites (N-methyl/N-ethyl adjacent to an activating group) is 1. The van der Waals surface area contributed by atoms with Gasteiger partial charge in [-0.2, -0.15) is 0 Å². The molecule has 8 nitrogen and oxygen atoms in total. The zero-order chi connectivity index (χ0) is 32.9. The molecule has 4 aromatic rings. The van der Waals surface area contributed by atoms with Crippen LogP contribution in [-0.2, 0) is 27.5 Å². The van der Waals surface area contributed by atoms with Crippen LogP contribution in [0, 0.1) is 0 Å². The molecule has 0 saturated carbocycles. The quantitative estimate of drug-likeness (QED) is 0.136. The molecule has 0 saturated heterocycles. The number of nitrogens with zero attached hydrogens (tertiary/aromatic N) is 2. The van der Waals surface area contributed by atoms with Crippen LogP contribution in [0.25, 0.3) is 0 Å². The number of hydrogen-bond donors (Lipinski definition) is 1. The molecular weight excluding hydrogens is 568 g/mol. The van der Waals surface area contributed by atoms with Crippen molar-refractivity contribution in [1.82, 2.24) is 0 Å². The van der Waals surface area contributed by atoms with Gasteiger partial charge in [-0.15, -0.1) is 0 Å². The number of carbonyl (C=O) groups is 2. The zero-order valence-electron chi connectivity index (χ0n) is 27.0. The molecule has 0 unspecified atom stereocenters. The van der Waals surface area contributed by atoms with E-state index < -0.39 is 11.9 Å². The van der Waals surface area contributed by atoms with Crippen LogP contribution in [-0.4, -0.2) is 50.8 Å². The topological polar surface area (TPSA) is 88.5 Å². The number of aliphatic hydroxyl groups is 1. The highest BCUT2D eigenvalue weighted by molar-refractivity contribution is 5.82. The molecule has 240 valence electrons. The highest BCUT2D eigenvalue weighted by atomic mass is 16.6. The second kappa shape index (κ2) is 21.0. The lowest BCUT2D eigenvalue weighted by Gasteiger charge is -2.19. The lowest BCUT2D eigenvalue weighted by Crippen LogP contribution is -2.20. The van der Waals surface area contributed by atoms with Gasteiger partial charge in [0, 0.05) is 64.5 Å². The minimum Gasteiger partial charge on any atom is -0.489 e. The number of benzene rings is 4. The van der Waals surface area contributed by atoms with E-state index in [1.54, 1.807) is 0 Å². The predicted molar refractivity (Wildman–Crippen MR) is 181 cm³/mol. The van der Waals surface area contributed by atoms with Crippen LogP contribution in [0.5, 0.6) is 11.5 Å². The number of carbonyl (C=O) groups excluding carboxylic acids is 2. The number of hydrogen-bond acceptors (Lipinski definition) is 8. The van der Waals surface area contributed by atoms with Crippen LogP contribution in [0.3, 0.4) is 0 Å². The zero-order valence-corrected chi connectivity index (χ0v) is 27.0. The third-order valence-corrected chi connectivity index (χ3v) is 6.30. The standard InChI is InChI=1S/C17H21NO.C16H19NO2.C4H6O3/c1-3-12-18(2)16-10-7-11-17(13-16)19-14-15-8-5-4-6-9-15;1-17(10-11-18)15-8-5-9-16(12-15)19-13-14-6-3-2-4-7-14;1-3(5)7-4(2)6/h4-11,13H,3,12,14H2,1-2H3;2-9,12,18H,10-11,13H2,1H3;1-2H3. The average molecular weight is 615 g/mol. The lowest BCUT2D eigenvalue weighted by molar-refractivity contribution is -0.156. The summed E-state index contributed by atoms with van der Waals surface area (Å²) in [7, 11) is 4.06. The Labute approximate surface area is 267 Å². The first-order valence-corrected chi connectivity index (χ1v) is 15.0. The molecule has 1 N–H and O–H groups in total. The van der Waals surface area contributed by atoms with Crippen molar-refractivity contribution in [1.29, 1.82) is 0 Å². The molecule has 0 bridgehead atoms. The van der Waals surface area contributed by atoms with Crippen molar-refractivity contribution in [2.24, 2.45) is 0 Å². The monoisotopic (exact) mass is 614 g/mol. The van der Waals surface area contributed by atoms with Crippen molar-refractivity contribution >= 4 is 23.3 Å². The number of aliphatic hydroxyl groups excluding tert-OH is 1. The van der Waals surface area contributed by atoms with Gasteiger partial charge in [-0.05, 0) is 41.8 Å². The van der Waals surface area contributed by atoms with Crippen LogP contribution in [0.1, 0.15) is 38.3 Å². The van der Waals surface area contributed by atoms with E-state index in [0.29, 0.717) is 19.8 Å². The van der Waals surface area contributed by atoms with Gasteiger partial charge in [0.2, 0.25) is 0 Å². The minimum atomic E-state index is -0.562. The summed E-state index contributed by atoms with van der Waals surface area (Å²) < 4.78 is 15.6. The normalized spacial score (nSPS) is 9.82. The van der Waals surface area contributed by atoms with Gasteiger partial charge < -0.3 is 29.1 Å². The minimum absolute atomic E-state index is 0.144. The van der Waals surface area contributed by atoms with E-state index in [1.165, 1.54) is 25.1 Å². The fourth-order valence-corrected chi connectivity index (χ4v) is 4.05. The smallest absolute Gasteiger partial charge is 0.310 e. The molecule has 0 fully saturated rings. The Morgan fingerprint density at radius 1 is 0.622 bits per heavy atom. The number of rotatable bonds is 12. The van der Waals surface area contributed by atoms with E-state index in [0.717, 1.165) is 35.7 Å². The van der Waals surface area contributed by atoms with Crippen LogP contribution in [0.4, 0.5) is 11.4 Å². The Morgan fingerprint density at radius 3 is 1.40 bits per heavy atom. The van der Waals surface area contributed by atoms with E-state index in [1.807, 2.05) is 96.9 Å². The third kappa shape index (κ3) is 15.5. The SMILES string of the molecule is CC(=O)OC(C)=O.CCCN(C)c1cccc(OCc2ccccc2)c1.CN(CCO)c1cccc(OCc2ccccc2)c1. The molecule has 0 aliphatic heterocycles. The fraction of sp³-hybridized carbons (Fsp3) is 0.297. The second-order valence-corrected chi connectivity index (χ2v) is 10.2. The predicted octanol–water partition coefficient (Wildman–Crippen LogP) is 6.90. The Bertz CT molecular complexity index is 1290. The summed E-state index contributed by atoms with van der Waals surface area (Å²) in [6.07, 6.45) is 1.14. The van der Waals surface area contributed by atoms with Crippen LogP contribution < -0.4 is 19.3 Å². The van der Waals surface area contributed by atoms with Crippen molar-refractivity contribution in [2.75, 3.05) is 43.6 Å². The second-order valence-electron chi connectivity index (χ2n) is 10.2. The van der Waals surface area contributed by atoms with Gasteiger partial charge in [-0.1, -0.05) is 79.7 Å². The summed E-state index contributed by atoms with van der Waals surface area (Å²) in [6, 6.07) is 36.5. The van der Waals surface area contributed by atoms with Crippen LogP contribution in [0.15, 0.2) is 109 Å². The Balaban J connectivity index is 0.000000260. The van der Waals surface area contributed by atoms with E-state index >= 15 is 0 Å². The number of esters is 2. The highest BCUT2D eigenvalue weighted by Crippen LogP contribution is 2.22. The number of anilines is 2.